The smallest absolute Gasteiger partial charge is 0.227 e. The number of amides is 1. The first-order chi connectivity index (χ1) is 11.1. The zero-order valence-electron chi connectivity index (χ0n) is 13.5. The number of methoxy groups -OCH3 is 1. The van der Waals surface area contributed by atoms with Gasteiger partial charge in [0, 0.05) is 24.7 Å². The van der Waals surface area contributed by atoms with Crippen molar-refractivity contribution in [1.82, 2.24) is 4.98 Å². The summed E-state index contributed by atoms with van der Waals surface area (Å²) in [5.41, 5.74) is 6.06. The van der Waals surface area contributed by atoms with Crippen molar-refractivity contribution in [3.8, 4) is 11.6 Å². The van der Waals surface area contributed by atoms with Crippen LogP contribution in [0.25, 0.3) is 0 Å². The minimum atomic E-state index is -0.296. The van der Waals surface area contributed by atoms with Gasteiger partial charge in [-0.1, -0.05) is 11.6 Å². The van der Waals surface area contributed by atoms with E-state index in [0.29, 0.717) is 22.3 Å². The van der Waals surface area contributed by atoms with Crippen molar-refractivity contribution >= 4 is 48.0 Å². The summed E-state index contributed by atoms with van der Waals surface area (Å²) in [6.07, 6.45) is 1.42. The van der Waals surface area contributed by atoms with Crippen LogP contribution in [0.2, 0.25) is 5.02 Å². The Hall–Kier alpha value is -1.57. The molecular formula is C16H20Cl3N3O3. The molecule has 0 aliphatic heterocycles. The van der Waals surface area contributed by atoms with E-state index in [4.69, 9.17) is 26.8 Å². The van der Waals surface area contributed by atoms with Crippen molar-refractivity contribution < 1.29 is 14.3 Å². The molecule has 0 saturated heterocycles. The van der Waals surface area contributed by atoms with E-state index in [1.807, 2.05) is 0 Å². The van der Waals surface area contributed by atoms with Crippen LogP contribution in [0.4, 0.5) is 5.69 Å². The maximum atomic E-state index is 11.8. The lowest BCUT2D eigenvalue weighted by Crippen LogP contribution is -2.28. The molecule has 2 rings (SSSR count). The number of rotatable bonds is 7. The molecule has 1 aromatic carbocycles. The average Bonchev–Trinajstić information content (AvgIpc) is 2.56. The van der Waals surface area contributed by atoms with Crippen molar-refractivity contribution in [3.05, 3.63) is 47.6 Å². The van der Waals surface area contributed by atoms with E-state index in [0.717, 1.165) is 0 Å². The third-order valence-corrected chi connectivity index (χ3v) is 3.32. The first-order valence-corrected chi connectivity index (χ1v) is 7.40. The molecule has 0 aliphatic rings. The number of hydrogen-bond donors (Lipinski definition) is 2. The minimum absolute atomic E-state index is 0. The number of pyridine rings is 1. The number of halogens is 3. The van der Waals surface area contributed by atoms with E-state index < -0.39 is 0 Å². The highest BCUT2D eigenvalue weighted by molar-refractivity contribution is 6.30. The molecule has 0 bridgehead atoms. The number of nitrogens with one attached hydrogen (secondary N) is 1. The Bertz CT molecular complexity index is 635. The second-order valence-corrected chi connectivity index (χ2v) is 5.22. The van der Waals surface area contributed by atoms with Gasteiger partial charge in [0.05, 0.1) is 24.4 Å². The van der Waals surface area contributed by atoms with Crippen LogP contribution < -0.4 is 15.8 Å². The predicted octanol–water partition coefficient (Wildman–Crippen LogP) is 3.67. The van der Waals surface area contributed by atoms with Gasteiger partial charge in [-0.15, -0.1) is 24.8 Å². The maximum Gasteiger partial charge on any atom is 0.227 e. The van der Waals surface area contributed by atoms with Crippen molar-refractivity contribution in [2.45, 2.75) is 12.5 Å². The Balaban J connectivity index is 0.00000288. The summed E-state index contributed by atoms with van der Waals surface area (Å²) in [5, 5.41) is 3.36. The summed E-state index contributed by atoms with van der Waals surface area (Å²) < 4.78 is 10.6. The van der Waals surface area contributed by atoms with Crippen LogP contribution in [-0.2, 0) is 9.53 Å². The van der Waals surface area contributed by atoms with Crippen molar-refractivity contribution in [3.63, 3.8) is 0 Å². The highest BCUT2D eigenvalue weighted by Crippen LogP contribution is 2.22. The maximum absolute atomic E-state index is 11.8. The van der Waals surface area contributed by atoms with E-state index in [1.165, 1.54) is 13.3 Å². The number of benzene rings is 1. The molecule has 0 fully saturated rings. The summed E-state index contributed by atoms with van der Waals surface area (Å²) in [7, 11) is 1.52. The summed E-state index contributed by atoms with van der Waals surface area (Å²) >= 11 is 5.81. The summed E-state index contributed by atoms with van der Waals surface area (Å²) in [4.78, 5) is 16.0. The van der Waals surface area contributed by atoms with Gasteiger partial charge in [0.15, 0.2) is 0 Å². The van der Waals surface area contributed by atoms with Gasteiger partial charge in [-0.05, 0) is 30.3 Å². The zero-order chi connectivity index (χ0) is 16.7. The number of nitrogens with two attached hydrogens (primary N) is 1. The molecule has 0 aliphatic carbocycles. The molecule has 138 valence electrons. The van der Waals surface area contributed by atoms with Crippen molar-refractivity contribution in [2.75, 3.05) is 19.0 Å². The van der Waals surface area contributed by atoms with Crippen LogP contribution in [0.5, 0.6) is 11.6 Å². The van der Waals surface area contributed by atoms with Crippen LogP contribution >= 0.6 is 36.4 Å². The van der Waals surface area contributed by atoms with Gasteiger partial charge < -0.3 is 20.5 Å². The van der Waals surface area contributed by atoms with Gasteiger partial charge in [-0.2, -0.15) is 0 Å². The van der Waals surface area contributed by atoms with E-state index >= 15 is 0 Å². The molecule has 0 saturated carbocycles. The standard InChI is InChI=1S/C16H18ClN3O3.2ClH/c1-22-14(9-18)8-15(21)20-12-4-7-16(19-10-12)23-13-5-2-11(17)3-6-13;;/h2-7,10,14H,8-9,18H2,1H3,(H,20,21);2*1H. The van der Waals surface area contributed by atoms with Gasteiger partial charge in [0.25, 0.3) is 0 Å². The van der Waals surface area contributed by atoms with Crippen molar-refractivity contribution in [1.29, 1.82) is 0 Å². The topological polar surface area (TPSA) is 86.5 Å². The normalized spacial score (nSPS) is 10.8. The molecule has 6 nitrogen and oxygen atoms in total. The Labute approximate surface area is 163 Å². The number of aromatic nitrogens is 1. The lowest BCUT2D eigenvalue weighted by Gasteiger charge is -2.12. The highest BCUT2D eigenvalue weighted by Gasteiger charge is 2.11. The fourth-order valence-electron chi connectivity index (χ4n) is 1.82. The molecule has 1 atom stereocenters. The van der Waals surface area contributed by atoms with E-state index in [-0.39, 0.29) is 49.8 Å². The quantitative estimate of drug-likeness (QED) is 0.730. The molecular weight excluding hydrogens is 389 g/mol. The number of anilines is 1. The molecule has 25 heavy (non-hydrogen) atoms. The number of ether oxygens (including phenoxy) is 2. The number of carbonyl (C=O) groups is 1. The molecule has 1 unspecified atom stereocenters. The molecule has 1 amide bonds. The van der Waals surface area contributed by atoms with E-state index in [9.17, 15) is 4.79 Å². The highest BCUT2D eigenvalue weighted by atomic mass is 35.5. The molecule has 0 radical (unpaired) electrons. The van der Waals surface area contributed by atoms with Crippen LogP contribution in [0.15, 0.2) is 42.6 Å². The third-order valence-electron chi connectivity index (χ3n) is 3.07. The third kappa shape index (κ3) is 7.90. The molecule has 1 aromatic heterocycles. The second kappa shape index (κ2) is 11.9. The number of nitrogens with zero attached hydrogens (tertiary/aromatic N) is 1. The summed E-state index contributed by atoms with van der Waals surface area (Å²) in [6.45, 7) is 0.288. The molecule has 9 heteroatoms. The first-order valence-electron chi connectivity index (χ1n) is 7.03. The summed E-state index contributed by atoms with van der Waals surface area (Å²) in [5.74, 6) is 0.863. The number of carbonyl (C=O) groups excluding carboxylic acids is 1. The van der Waals surface area contributed by atoms with Crippen LogP contribution in [0.3, 0.4) is 0 Å². The van der Waals surface area contributed by atoms with Crippen LogP contribution in [0, 0.1) is 0 Å². The minimum Gasteiger partial charge on any atom is -0.439 e. The largest absolute Gasteiger partial charge is 0.439 e. The van der Waals surface area contributed by atoms with Crippen LogP contribution in [-0.4, -0.2) is 30.6 Å². The average molecular weight is 409 g/mol. The molecule has 1 heterocycles. The van der Waals surface area contributed by atoms with Gasteiger partial charge >= 0.3 is 0 Å². The van der Waals surface area contributed by atoms with Gasteiger partial charge in [0.2, 0.25) is 11.8 Å². The monoisotopic (exact) mass is 407 g/mol. The fraction of sp³-hybridized carbons (Fsp3) is 0.250. The van der Waals surface area contributed by atoms with Gasteiger partial charge in [0.1, 0.15) is 5.75 Å². The fourth-order valence-corrected chi connectivity index (χ4v) is 1.95. The Morgan fingerprint density at radius 3 is 2.44 bits per heavy atom. The zero-order valence-corrected chi connectivity index (χ0v) is 15.9. The Morgan fingerprint density at radius 1 is 1.24 bits per heavy atom. The Morgan fingerprint density at radius 2 is 1.92 bits per heavy atom. The van der Waals surface area contributed by atoms with Crippen molar-refractivity contribution in [2.24, 2.45) is 5.73 Å². The SMILES string of the molecule is COC(CN)CC(=O)Nc1ccc(Oc2ccc(Cl)cc2)nc1.Cl.Cl. The van der Waals surface area contributed by atoms with Crippen LogP contribution in [0.1, 0.15) is 6.42 Å². The lowest BCUT2D eigenvalue weighted by molar-refractivity contribution is -0.118. The van der Waals surface area contributed by atoms with E-state index in [1.54, 1.807) is 36.4 Å². The second-order valence-electron chi connectivity index (χ2n) is 4.79. The Kier molecular flexibility index (Phi) is 11.1. The van der Waals surface area contributed by atoms with Gasteiger partial charge in [-0.25, -0.2) is 4.98 Å². The van der Waals surface area contributed by atoms with E-state index in [2.05, 4.69) is 10.3 Å². The molecule has 3 N–H and O–H groups in total. The van der Waals surface area contributed by atoms with Gasteiger partial charge in [-0.3, -0.25) is 4.79 Å². The molecule has 2 aromatic rings. The number of hydrogen-bond acceptors (Lipinski definition) is 5. The summed E-state index contributed by atoms with van der Waals surface area (Å²) in [6, 6.07) is 10.3. The first kappa shape index (κ1) is 23.4. The molecule has 0 spiro atoms. The lowest BCUT2D eigenvalue weighted by atomic mass is 10.2. The predicted molar refractivity (Wildman–Crippen MR) is 103 cm³/mol.